The zero-order chi connectivity index (χ0) is 7.15. The standard InChI is InChI=1S/2CH4N2S.2ClH.Te/c2*2-1(3)4;;;/h2*(H4,2,3,4);2*1H;. The van der Waals surface area contributed by atoms with Crippen molar-refractivity contribution in [2.24, 2.45) is 22.9 Å². The van der Waals surface area contributed by atoms with Crippen LogP contribution in [-0.4, -0.2) is 33.9 Å². The summed E-state index contributed by atoms with van der Waals surface area (Å²) in [4.78, 5) is 0. The molecule has 0 unspecified atom stereocenters. The molecule has 0 bridgehead atoms. The van der Waals surface area contributed by atoms with Crippen LogP contribution in [0.2, 0.25) is 0 Å². The van der Waals surface area contributed by atoms with Gasteiger partial charge in [-0.05, 0) is 24.4 Å². The van der Waals surface area contributed by atoms with Crippen molar-refractivity contribution in [2.75, 3.05) is 0 Å². The largest absolute Gasteiger partial charge is 0.377 e. The van der Waals surface area contributed by atoms with E-state index in [0.29, 0.717) is 0 Å². The van der Waals surface area contributed by atoms with Crippen LogP contribution in [0, 0.1) is 0 Å². The molecule has 0 spiro atoms. The average Bonchev–Trinajstić information content (AvgIpc) is 1.25. The summed E-state index contributed by atoms with van der Waals surface area (Å²) in [5, 5.41) is 0.000000000000000444. The summed E-state index contributed by atoms with van der Waals surface area (Å²) < 4.78 is 0. The fourth-order valence-corrected chi connectivity index (χ4v) is 0. The number of hydrogen-bond acceptors (Lipinski definition) is 2. The van der Waals surface area contributed by atoms with Crippen LogP contribution >= 0.6 is 49.2 Å². The van der Waals surface area contributed by atoms with Crippen molar-refractivity contribution in [3.63, 3.8) is 0 Å². The monoisotopic (exact) mass is 354 g/mol. The molecule has 0 aliphatic heterocycles. The number of nitrogens with two attached hydrogens (primary N) is 4. The molecule has 8 N–H and O–H groups in total. The summed E-state index contributed by atoms with van der Waals surface area (Å²) in [6, 6.07) is 0. The summed E-state index contributed by atoms with van der Waals surface area (Å²) >= 11 is 8.19. The van der Waals surface area contributed by atoms with Crippen LogP contribution in [0.25, 0.3) is 0 Å². The summed E-state index contributed by atoms with van der Waals surface area (Å²) in [5.41, 5.74) is 18.5. The van der Waals surface area contributed by atoms with Gasteiger partial charge in [-0.25, -0.2) is 0 Å². The van der Waals surface area contributed by atoms with Crippen LogP contribution in [0.3, 0.4) is 0 Å². The second kappa shape index (κ2) is 22.4. The van der Waals surface area contributed by atoms with Crippen LogP contribution in [0.15, 0.2) is 0 Å². The summed E-state index contributed by atoms with van der Waals surface area (Å²) in [6.07, 6.45) is 0. The normalized spacial score (nSPS) is 4.36. The second-order valence-electron chi connectivity index (χ2n) is 0.805. The number of rotatable bonds is 0. The van der Waals surface area contributed by atoms with Gasteiger partial charge in [0.25, 0.3) is 0 Å². The first kappa shape index (κ1) is 29.8. The van der Waals surface area contributed by atoms with Crippen LogP contribution in [-0.2, 0) is 0 Å². The molecule has 9 heteroatoms. The minimum absolute atomic E-state index is 0. The van der Waals surface area contributed by atoms with Gasteiger partial charge in [0.05, 0.1) is 0 Å². The van der Waals surface area contributed by atoms with E-state index in [0.717, 1.165) is 0 Å². The van der Waals surface area contributed by atoms with E-state index in [1.807, 2.05) is 0 Å². The Bertz CT molecular complexity index is 82.1. The Hall–Kier alpha value is 0.750. The molecule has 0 aromatic heterocycles. The van der Waals surface area contributed by atoms with Crippen molar-refractivity contribution in [2.45, 2.75) is 0 Å². The molecule has 0 saturated heterocycles. The molecule has 0 aromatic carbocycles. The molecule has 2 radical (unpaired) electrons. The topological polar surface area (TPSA) is 104 Å². The van der Waals surface area contributed by atoms with E-state index >= 15 is 0 Å². The molecule has 11 heavy (non-hydrogen) atoms. The van der Waals surface area contributed by atoms with Gasteiger partial charge in [-0.2, -0.15) is 0 Å². The predicted molar refractivity (Wildman–Crippen MR) is 62.2 cm³/mol. The Morgan fingerprint density at radius 3 is 0.727 bits per heavy atom. The quantitative estimate of drug-likeness (QED) is 0.324. The summed E-state index contributed by atoms with van der Waals surface area (Å²) in [6.45, 7) is 0. The molecular formula is C2H10Cl2N4S2Te. The average molecular weight is 353 g/mol. The van der Waals surface area contributed by atoms with Crippen molar-refractivity contribution in [3.8, 4) is 0 Å². The molecular weight excluding hydrogens is 343 g/mol. The van der Waals surface area contributed by atoms with Crippen LogP contribution in [0.1, 0.15) is 0 Å². The van der Waals surface area contributed by atoms with Gasteiger partial charge in [-0.15, -0.1) is 24.8 Å². The first-order chi connectivity index (χ1) is 3.46. The molecule has 0 aliphatic rings. The van der Waals surface area contributed by atoms with E-state index in [-0.39, 0.29) is 58.7 Å². The molecule has 0 rings (SSSR count). The molecule has 4 nitrogen and oxygen atoms in total. The summed E-state index contributed by atoms with van der Waals surface area (Å²) in [7, 11) is 0. The molecule has 0 saturated carbocycles. The van der Waals surface area contributed by atoms with Crippen molar-refractivity contribution < 1.29 is 0 Å². The van der Waals surface area contributed by atoms with Crippen LogP contribution in [0.5, 0.6) is 0 Å². The predicted octanol–water partition coefficient (Wildman–Crippen LogP) is -1.16. The Labute approximate surface area is 105 Å². The maximum Gasteiger partial charge on any atom is 0.160 e. The van der Waals surface area contributed by atoms with Gasteiger partial charge in [0.15, 0.2) is 10.2 Å². The molecule has 0 atom stereocenters. The first-order valence-electron chi connectivity index (χ1n) is 1.56. The van der Waals surface area contributed by atoms with E-state index in [1.165, 1.54) is 0 Å². The molecule has 0 amide bonds. The molecule has 0 aliphatic carbocycles. The van der Waals surface area contributed by atoms with Gasteiger partial charge >= 0.3 is 0 Å². The number of halogens is 2. The fraction of sp³-hybridized carbons (Fsp3) is 0. The van der Waals surface area contributed by atoms with Crippen molar-refractivity contribution >= 4 is 83.1 Å². The zero-order valence-electron chi connectivity index (χ0n) is 5.35. The minimum atomic E-state index is 0. The number of thiocarbonyl (C=S) groups is 2. The van der Waals surface area contributed by atoms with Gasteiger partial charge in [0.2, 0.25) is 0 Å². The fourth-order valence-electron chi connectivity index (χ4n) is 0. The SMILES string of the molecule is Cl.Cl.NC(N)=S.NC(N)=S.[Te]. The first-order valence-corrected chi connectivity index (χ1v) is 2.38. The van der Waals surface area contributed by atoms with Crippen molar-refractivity contribution in [3.05, 3.63) is 0 Å². The second-order valence-corrected chi connectivity index (χ2v) is 1.75. The van der Waals surface area contributed by atoms with Gasteiger partial charge in [0.1, 0.15) is 0 Å². The molecule has 0 fully saturated rings. The molecule has 0 heterocycles. The van der Waals surface area contributed by atoms with Crippen molar-refractivity contribution in [1.82, 2.24) is 0 Å². The van der Waals surface area contributed by atoms with Crippen LogP contribution in [0.4, 0.5) is 0 Å². The Kier molecular flexibility index (Phi) is 60.8. The van der Waals surface area contributed by atoms with Crippen LogP contribution < -0.4 is 22.9 Å². The van der Waals surface area contributed by atoms with E-state index in [1.54, 1.807) is 0 Å². The number of hydrogen-bond donors (Lipinski definition) is 4. The maximum absolute atomic E-state index is 4.62. The molecule has 0 aromatic rings. The third-order valence-corrected chi connectivity index (χ3v) is 0. The third-order valence-electron chi connectivity index (χ3n) is 0. The third kappa shape index (κ3) is 1460. The van der Waals surface area contributed by atoms with E-state index in [9.17, 15) is 0 Å². The van der Waals surface area contributed by atoms with E-state index < -0.39 is 0 Å². The Morgan fingerprint density at radius 1 is 0.727 bits per heavy atom. The van der Waals surface area contributed by atoms with E-state index in [2.05, 4.69) is 47.4 Å². The maximum atomic E-state index is 4.62. The van der Waals surface area contributed by atoms with Crippen molar-refractivity contribution in [1.29, 1.82) is 0 Å². The van der Waals surface area contributed by atoms with E-state index in [4.69, 9.17) is 0 Å². The van der Waals surface area contributed by atoms with Gasteiger partial charge < -0.3 is 22.9 Å². The van der Waals surface area contributed by atoms with Gasteiger partial charge in [-0.1, -0.05) is 0 Å². The Balaban J connectivity index is -0.0000000171. The Morgan fingerprint density at radius 2 is 0.727 bits per heavy atom. The van der Waals surface area contributed by atoms with Gasteiger partial charge in [0, 0.05) is 23.7 Å². The zero-order valence-corrected chi connectivity index (χ0v) is 10.9. The summed E-state index contributed by atoms with van der Waals surface area (Å²) in [5.74, 6) is 0. The molecule has 70 valence electrons. The van der Waals surface area contributed by atoms with Gasteiger partial charge in [-0.3, -0.25) is 0 Å². The smallest absolute Gasteiger partial charge is 0.160 e. The minimum Gasteiger partial charge on any atom is -0.377 e.